The highest BCUT2D eigenvalue weighted by molar-refractivity contribution is 7.89. The molecule has 0 N–H and O–H groups in total. The maximum absolute atomic E-state index is 13.2. The molecule has 0 aliphatic rings. The Morgan fingerprint density at radius 1 is 1.00 bits per heavy atom. The molecule has 0 aromatic heterocycles. The molecule has 8 heteroatoms. The van der Waals surface area contributed by atoms with E-state index in [1.54, 1.807) is 44.2 Å². The van der Waals surface area contributed by atoms with E-state index >= 15 is 0 Å². The first kappa shape index (κ1) is 21.7. The fourth-order valence-corrected chi connectivity index (χ4v) is 4.50. The first-order chi connectivity index (χ1) is 13.3. The standard InChI is InChI=1S/C20H25NO6S/c1-6-21(13-15-8-10-17(25-3)18(11-15)26-4)28(23,24)19-12-16(20(22)27-5)9-7-14(19)2/h7-12H,6,13H2,1-5H3. The number of carbonyl (C=O) groups is 1. The second kappa shape index (κ2) is 9.07. The number of esters is 1. The summed E-state index contributed by atoms with van der Waals surface area (Å²) in [4.78, 5) is 11.9. The molecule has 0 aliphatic carbocycles. The van der Waals surface area contributed by atoms with E-state index in [0.29, 0.717) is 17.1 Å². The lowest BCUT2D eigenvalue weighted by Gasteiger charge is -2.22. The molecule has 0 aliphatic heterocycles. The quantitative estimate of drug-likeness (QED) is 0.626. The van der Waals surface area contributed by atoms with Crippen LogP contribution in [-0.4, -0.2) is 46.6 Å². The monoisotopic (exact) mass is 407 g/mol. The Labute approximate surface area is 165 Å². The number of nitrogens with zero attached hydrogens (tertiary/aromatic N) is 1. The van der Waals surface area contributed by atoms with Gasteiger partial charge < -0.3 is 14.2 Å². The van der Waals surface area contributed by atoms with E-state index in [-0.39, 0.29) is 23.5 Å². The van der Waals surface area contributed by atoms with Gasteiger partial charge in [-0.3, -0.25) is 0 Å². The van der Waals surface area contributed by atoms with Crippen LogP contribution in [0.5, 0.6) is 11.5 Å². The zero-order chi connectivity index (χ0) is 20.9. The lowest BCUT2D eigenvalue weighted by molar-refractivity contribution is 0.0600. The van der Waals surface area contributed by atoms with Crippen molar-refractivity contribution in [2.45, 2.75) is 25.3 Å². The zero-order valence-corrected chi connectivity index (χ0v) is 17.5. The second-order valence-electron chi connectivity index (χ2n) is 6.09. The minimum absolute atomic E-state index is 0.0812. The summed E-state index contributed by atoms with van der Waals surface area (Å²) in [6.07, 6.45) is 0. The van der Waals surface area contributed by atoms with Crippen molar-refractivity contribution in [1.82, 2.24) is 4.31 Å². The predicted octanol–water partition coefficient (Wildman–Crippen LogP) is 3.01. The summed E-state index contributed by atoms with van der Waals surface area (Å²) < 4.78 is 43.1. The van der Waals surface area contributed by atoms with Gasteiger partial charge in [-0.1, -0.05) is 19.1 Å². The van der Waals surface area contributed by atoms with E-state index < -0.39 is 16.0 Å². The van der Waals surface area contributed by atoms with E-state index in [4.69, 9.17) is 14.2 Å². The Morgan fingerprint density at radius 2 is 1.68 bits per heavy atom. The normalized spacial score (nSPS) is 11.4. The minimum atomic E-state index is -3.83. The molecule has 0 spiro atoms. The molecule has 0 bridgehead atoms. The van der Waals surface area contributed by atoms with Gasteiger partial charge in [0.1, 0.15) is 0 Å². The van der Waals surface area contributed by atoms with Gasteiger partial charge in [-0.2, -0.15) is 4.31 Å². The maximum Gasteiger partial charge on any atom is 0.337 e. The van der Waals surface area contributed by atoms with E-state index in [0.717, 1.165) is 5.56 Å². The van der Waals surface area contributed by atoms with Crippen molar-refractivity contribution in [3.63, 3.8) is 0 Å². The molecule has 0 atom stereocenters. The van der Waals surface area contributed by atoms with Crippen molar-refractivity contribution < 1.29 is 27.4 Å². The Balaban J connectivity index is 2.42. The van der Waals surface area contributed by atoms with Gasteiger partial charge in [-0.05, 0) is 42.3 Å². The van der Waals surface area contributed by atoms with E-state index in [9.17, 15) is 13.2 Å². The molecule has 2 rings (SSSR count). The van der Waals surface area contributed by atoms with Crippen molar-refractivity contribution >= 4 is 16.0 Å². The van der Waals surface area contributed by atoms with Crippen LogP contribution in [0.3, 0.4) is 0 Å². The second-order valence-corrected chi connectivity index (χ2v) is 8.00. The third kappa shape index (κ3) is 4.45. The highest BCUT2D eigenvalue weighted by atomic mass is 32.2. The van der Waals surface area contributed by atoms with Crippen LogP contribution in [0.25, 0.3) is 0 Å². The van der Waals surface area contributed by atoms with Gasteiger partial charge in [0, 0.05) is 13.1 Å². The number of sulfonamides is 1. The molecule has 0 saturated carbocycles. The molecule has 0 fully saturated rings. The van der Waals surface area contributed by atoms with Crippen molar-refractivity contribution in [3.05, 3.63) is 53.1 Å². The van der Waals surface area contributed by atoms with Crippen LogP contribution in [0.1, 0.15) is 28.4 Å². The summed E-state index contributed by atoms with van der Waals surface area (Å²) in [5, 5.41) is 0. The maximum atomic E-state index is 13.2. The Kier molecular flexibility index (Phi) is 7.04. The van der Waals surface area contributed by atoms with Crippen LogP contribution in [0.2, 0.25) is 0 Å². The van der Waals surface area contributed by atoms with Gasteiger partial charge >= 0.3 is 5.97 Å². The Morgan fingerprint density at radius 3 is 2.25 bits per heavy atom. The summed E-state index contributed by atoms with van der Waals surface area (Å²) in [6, 6.07) is 9.77. The van der Waals surface area contributed by atoms with Gasteiger partial charge in [0.25, 0.3) is 0 Å². The fourth-order valence-electron chi connectivity index (χ4n) is 2.81. The fraction of sp³-hybridized carbons (Fsp3) is 0.350. The molecular weight excluding hydrogens is 382 g/mol. The zero-order valence-electron chi connectivity index (χ0n) is 16.7. The number of hydrogen-bond donors (Lipinski definition) is 0. The van der Waals surface area contributed by atoms with Crippen LogP contribution < -0.4 is 9.47 Å². The number of methoxy groups -OCH3 is 3. The third-order valence-electron chi connectivity index (χ3n) is 4.39. The molecule has 2 aromatic rings. The lowest BCUT2D eigenvalue weighted by Crippen LogP contribution is -2.31. The molecule has 0 unspecified atom stereocenters. The first-order valence-corrected chi connectivity index (χ1v) is 10.1. The summed E-state index contributed by atoms with van der Waals surface area (Å²) in [5.74, 6) is 0.510. The number of aryl methyl sites for hydroxylation is 1. The summed E-state index contributed by atoms with van der Waals surface area (Å²) in [6.45, 7) is 3.87. The Hall–Kier alpha value is -2.58. The van der Waals surface area contributed by atoms with Gasteiger partial charge in [-0.25, -0.2) is 13.2 Å². The van der Waals surface area contributed by atoms with E-state index in [1.165, 1.54) is 31.7 Å². The first-order valence-electron chi connectivity index (χ1n) is 8.68. The number of ether oxygens (including phenoxy) is 3. The van der Waals surface area contributed by atoms with Gasteiger partial charge in [0.2, 0.25) is 10.0 Å². The summed E-state index contributed by atoms with van der Waals surface area (Å²) in [7, 11) is 0.494. The summed E-state index contributed by atoms with van der Waals surface area (Å²) >= 11 is 0. The van der Waals surface area contributed by atoms with Crippen molar-refractivity contribution in [2.24, 2.45) is 0 Å². The topological polar surface area (TPSA) is 82.1 Å². The molecule has 7 nitrogen and oxygen atoms in total. The average Bonchev–Trinajstić information content (AvgIpc) is 2.71. The molecule has 0 radical (unpaired) electrons. The van der Waals surface area contributed by atoms with E-state index in [2.05, 4.69) is 0 Å². The molecule has 28 heavy (non-hydrogen) atoms. The van der Waals surface area contributed by atoms with Crippen LogP contribution in [0, 0.1) is 6.92 Å². The predicted molar refractivity (Wildman–Crippen MR) is 105 cm³/mol. The van der Waals surface area contributed by atoms with Crippen molar-refractivity contribution in [1.29, 1.82) is 0 Å². The molecular formula is C20H25NO6S. The molecule has 0 saturated heterocycles. The van der Waals surface area contributed by atoms with Gasteiger partial charge in [0.05, 0.1) is 31.8 Å². The number of hydrogen-bond acceptors (Lipinski definition) is 6. The van der Waals surface area contributed by atoms with Crippen LogP contribution in [0.15, 0.2) is 41.3 Å². The molecule has 0 heterocycles. The van der Waals surface area contributed by atoms with Crippen LogP contribution in [-0.2, 0) is 21.3 Å². The van der Waals surface area contributed by atoms with Gasteiger partial charge in [-0.15, -0.1) is 0 Å². The highest BCUT2D eigenvalue weighted by Gasteiger charge is 2.26. The molecule has 2 aromatic carbocycles. The van der Waals surface area contributed by atoms with E-state index in [1.807, 2.05) is 0 Å². The highest BCUT2D eigenvalue weighted by Crippen LogP contribution is 2.29. The average molecular weight is 407 g/mol. The SMILES string of the molecule is CCN(Cc1ccc(OC)c(OC)c1)S(=O)(=O)c1cc(C(=O)OC)ccc1C. The number of rotatable bonds is 8. The number of carbonyl (C=O) groups excluding carboxylic acids is 1. The van der Waals surface area contributed by atoms with Crippen molar-refractivity contribution in [3.8, 4) is 11.5 Å². The van der Waals surface area contributed by atoms with Crippen LogP contribution >= 0.6 is 0 Å². The van der Waals surface area contributed by atoms with Gasteiger partial charge in [0.15, 0.2) is 11.5 Å². The summed E-state index contributed by atoms with van der Waals surface area (Å²) in [5.41, 5.74) is 1.50. The largest absolute Gasteiger partial charge is 0.493 e. The van der Waals surface area contributed by atoms with Crippen LogP contribution in [0.4, 0.5) is 0 Å². The number of benzene rings is 2. The third-order valence-corrected chi connectivity index (χ3v) is 6.45. The lowest BCUT2D eigenvalue weighted by atomic mass is 10.1. The smallest absolute Gasteiger partial charge is 0.337 e. The Bertz CT molecular complexity index is 955. The molecule has 152 valence electrons. The minimum Gasteiger partial charge on any atom is -0.493 e. The van der Waals surface area contributed by atoms with Crippen molar-refractivity contribution in [2.75, 3.05) is 27.9 Å². The molecule has 0 amide bonds.